The van der Waals surface area contributed by atoms with Crippen molar-refractivity contribution in [2.45, 2.75) is 31.3 Å². The van der Waals surface area contributed by atoms with E-state index in [0.29, 0.717) is 30.3 Å². The van der Waals surface area contributed by atoms with Crippen LogP contribution in [0.25, 0.3) is 0 Å². The molecule has 16 heavy (non-hydrogen) atoms. The molecule has 0 saturated heterocycles. The van der Waals surface area contributed by atoms with Crippen LogP contribution in [-0.2, 0) is 13.3 Å². The summed E-state index contributed by atoms with van der Waals surface area (Å²) in [7, 11) is 15.2. The first-order chi connectivity index (χ1) is 7.39. The minimum atomic E-state index is -3.34. The van der Waals surface area contributed by atoms with Gasteiger partial charge in [0, 0.05) is 0 Å². The molecule has 0 bridgehead atoms. The van der Waals surface area contributed by atoms with E-state index in [9.17, 15) is 0 Å². The Labute approximate surface area is 114 Å². The maximum absolute atomic E-state index is 5.94. The Balaban J connectivity index is 4.46. The Hall–Kier alpha value is 1.77. The van der Waals surface area contributed by atoms with Crippen LogP contribution in [0.15, 0.2) is 0 Å². The third-order valence-electron chi connectivity index (χ3n) is 1.81. The second-order valence-corrected chi connectivity index (χ2v) is 27.6. The summed E-state index contributed by atoms with van der Waals surface area (Å²) in [5.41, 5.74) is 0. The van der Waals surface area contributed by atoms with Crippen molar-refractivity contribution in [1.82, 2.24) is 0 Å². The van der Waals surface area contributed by atoms with Crippen molar-refractivity contribution >= 4 is 50.6 Å². The number of hydrogen-bond donors (Lipinski definition) is 0. The van der Waals surface area contributed by atoms with E-state index in [2.05, 4.69) is 0 Å². The van der Waals surface area contributed by atoms with Crippen LogP contribution in [0.5, 0.6) is 0 Å². The molecule has 0 radical (unpaired) electrons. The molecule has 98 valence electrons. The fraction of sp³-hybridized carbons (Fsp3) is 1.00. The molecule has 0 amide bonds. The summed E-state index contributed by atoms with van der Waals surface area (Å²) in [4.78, 5) is 0. The van der Waals surface area contributed by atoms with Crippen molar-refractivity contribution < 1.29 is 13.3 Å². The molecule has 8 heteroatoms. The quantitative estimate of drug-likeness (QED) is 0.537. The second kappa shape index (κ2) is 8.80. The molecule has 0 aromatic rings. The Bertz CT molecular complexity index is 175. The molecular formula is C8H19Cl3O3SiSn. The van der Waals surface area contributed by atoms with Gasteiger partial charge >= 0.3 is 115 Å². The number of rotatable bonds is 9. The summed E-state index contributed by atoms with van der Waals surface area (Å²) >= 11 is -3.34. The number of halogens is 3. The van der Waals surface area contributed by atoms with E-state index >= 15 is 0 Å². The van der Waals surface area contributed by atoms with E-state index in [0.717, 1.165) is 0 Å². The van der Waals surface area contributed by atoms with Crippen LogP contribution < -0.4 is 0 Å². The van der Waals surface area contributed by atoms with Gasteiger partial charge in [0.2, 0.25) is 0 Å². The molecule has 0 aromatic heterocycles. The Kier molecular flexibility index (Phi) is 9.77. The van der Waals surface area contributed by atoms with Gasteiger partial charge in [0.05, 0.1) is 0 Å². The predicted molar refractivity (Wildman–Crippen MR) is 73.6 cm³/mol. The molecule has 0 aliphatic carbocycles. The topological polar surface area (TPSA) is 27.7 Å². The fourth-order valence-corrected chi connectivity index (χ4v) is 14.6. The van der Waals surface area contributed by atoms with Gasteiger partial charge in [-0.2, -0.15) is 0 Å². The fourth-order valence-electron chi connectivity index (χ4n) is 1.30. The maximum atomic E-state index is 5.94. The minimum absolute atomic E-state index is 0.557. The number of hydrogen-bond acceptors (Lipinski definition) is 3. The summed E-state index contributed by atoms with van der Waals surface area (Å²) in [6.45, 7) is 7.42. The molecule has 0 aliphatic heterocycles. The van der Waals surface area contributed by atoms with Crippen LogP contribution >= 0.6 is 26.8 Å². The molecule has 3 nitrogen and oxygen atoms in total. The zero-order valence-electron chi connectivity index (χ0n) is 9.89. The average molecular weight is 416 g/mol. The van der Waals surface area contributed by atoms with E-state index in [-0.39, 0.29) is 0 Å². The third-order valence-corrected chi connectivity index (χ3v) is 12.4. The molecule has 0 rings (SSSR count). The van der Waals surface area contributed by atoms with E-state index in [1.807, 2.05) is 20.8 Å². The molecule has 0 heterocycles. The zero-order valence-corrected chi connectivity index (χ0v) is 16.0. The van der Waals surface area contributed by atoms with Gasteiger partial charge in [-0.25, -0.2) is 0 Å². The van der Waals surface area contributed by atoms with Crippen molar-refractivity contribution in [3.63, 3.8) is 0 Å². The van der Waals surface area contributed by atoms with Gasteiger partial charge in [-0.15, -0.1) is 0 Å². The molecular weight excluding hydrogens is 397 g/mol. The summed E-state index contributed by atoms with van der Waals surface area (Å²) in [6, 6.07) is 0.606. The van der Waals surface area contributed by atoms with Gasteiger partial charge in [-0.3, -0.25) is 0 Å². The molecule has 0 fully saturated rings. The first kappa shape index (κ1) is 17.8. The average Bonchev–Trinajstić information content (AvgIpc) is 2.15. The molecule has 0 saturated carbocycles. The Morgan fingerprint density at radius 2 is 1.25 bits per heavy atom. The first-order valence-electron chi connectivity index (χ1n) is 5.37. The van der Waals surface area contributed by atoms with Gasteiger partial charge in [-0.1, -0.05) is 0 Å². The van der Waals surface area contributed by atoms with Crippen molar-refractivity contribution in [3.05, 3.63) is 0 Å². The van der Waals surface area contributed by atoms with Crippen molar-refractivity contribution in [2.24, 2.45) is 0 Å². The van der Waals surface area contributed by atoms with Gasteiger partial charge in [0.25, 0.3) is 0 Å². The van der Waals surface area contributed by atoms with E-state index in [1.165, 1.54) is 0 Å². The monoisotopic (exact) mass is 416 g/mol. The molecule has 0 spiro atoms. The van der Waals surface area contributed by atoms with Gasteiger partial charge in [0.1, 0.15) is 0 Å². The summed E-state index contributed by atoms with van der Waals surface area (Å²) < 4.78 is 17.5. The Morgan fingerprint density at radius 1 is 0.875 bits per heavy atom. The molecule has 0 N–H and O–H groups in total. The summed E-state index contributed by atoms with van der Waals surface area (Å²) in [5, 5.41) is 0. The van der Waals surface area contributed by atoms with E-state index in [1.54, 1.807) is 0 Å². The standard InChI is InChI=1S/C8H19O3Si.3ClH.Sn/c1-5-9-12(8-4,10-6-2)11-7-3;;;;/h4-8H2,1-3H3;3*1H;/q;;;;+3/p-3. The SMILES string of the molecule is CCO[Si](C[CH2][Sn]([Cl])([Cl])[Cl])(OCC)OCC. The van der Waals surface area contributed by atoms with Gasteiger partial charge in [-0.05, 0) is 0 Å². The van der Waals surface area contributed by atoms with Crippen molar-refractivity contribution in [1.29, 1.82) is 0 Å². The van der Waals surface area contributed by atoms with Crippen LogP contribution in [0.1, 0.15) is 20.8 Å². The summed E-state index contributed by atoms with van der Waals surface area (Å²) in [6.07, 6.45) is 0. The van der Waals surface area contributed by atoms with E-state index < -0.39 is 23.8 Å². The van der Waals surface area contributed by atoms with Crippen LogP contribution in [0.2, 0.25) is 10.5 Å². The van der Waals surface area contributed by atoms with Crippen LogP contribution in [0.4, 0.5) is 0 Å². The van der Waals surface area contributed by atoms with Gasteiger partial charge < -0.3 is 0 Å². The normalized spacial score (nSPS) is 13.1. The predicted octanol–water partition coefficient (Wildman–Crippen LogP) is 3.69. The van der Waals surface area contributed by atoms with Crippen LogP contribution in [0, 0.1) is 0 Å². The molecule has 0 aliphatic rings. The van der Waals surface area contributed by atoms with Gasteiger partial charge in [0.15, 0.2) is 0 Å². The second-order valence-electron chi connectivity index (χ2n) is 3.10. The van der Waals surface area contributed by atoms with E-state index in [4.69, 9.17) is 40.0 Å². The molecule has 0 atom stereocenters. The first-order valence-corrected chi connectivity index (χ1v) is 20.2. The van der Waals surface area contributed by atoms with Crippen LogP contribution in [0.3, 0.4) is 0 Å². The summed E-state index contributed by atoms with van der Waals surface area (Å²) in [5.74, 6) is 0. The van der Waals surface area contributed by atoms with Crippen molar-refractivity contribution in [3.8, 4) is 0 Å². The zero-order chi connectivity index (χ0) is 12.7. The molecule has 0 aromatic carbocycles. The third kappa shape index (κ3) is 7.97. The molecule has 0 unspecified atom stereocenters. The Morgan fingerprint density at radius 3 is 1.50 bits per heavy atom. The van der Waals surface area contributed by atoms with Crippen molar-refractivity contribution in [2.75, 3.05) is 19.8 Å². The van der Waals surface area contributed by atoms with Crippen LogP contribution in [-0.4, -0.2) is 43.6 Å².